The van der Waals surface area contributed by atoms with Gasteiger partial charge in [0.05, 0.1) is 0 Å². The quantitative estimate of drug-likeness (QED) is 0.597. The van der Waals surface area contributed by atoms with Crippen molar-refractivity contribution in [3.8, 4) is 0 Å². The summed E-state index contributed by atoms with van der Waals surface area (Å²) in [5.74, 6) is 1.76. The number of aliphatic hydroxyl groups excluding tert-OH is 4. The normalized spacial score (nSPS) is 9.14. The van der Waals surface area contributed by atoms with Gasteiger partial charge >= 0.3 is 0 Å². The Labute approximate surface area is 152 Å². The van der Waals surface area contributed by atoms with Gasteiger partial charge in [0.25, 0.3) is 0 Å². The van der Waals surface area contributed by atoms with Crippen LogP contribution in [0.2, 0.25) is 0 Å². The van der Waals surface area contributed by atoms with E-state index in [4.69, 9.17) is 20.4 Å². The van der Waals surface area contributed by atoms with Crippen molar-refractivity contribution in [1.29, 1.82) is 0 Å². The van der Waals surface area contributed by atoms with E-state index in [0.717, 1.165) is 0 Å². The van der Waals surface area contributed by atoms with Crippen LogP contribution in [0.25, 0.3) is 0 Å². The van der Waals surface area contributed by atoms with Crippen molar-refractivity contribution < 1.29 is 46.6 Å². The molecule has 0 radical (unpaired) electrons. The molecule has 0 atom stereocenters. The Balaban J connectivity index is -0.0000000533. The third kappa shape index (κ3) is 95.5. The van der Waals surface area contributed by atoms with Crippen LogP contribution >= 0.6 is 0 Å². The van der Waals surface area contributed by atoms with Gasteiger partial charge in [-0.15, -0.1) is 0 Å². The maximum Gasteiger partial charge on any atom is 0.0453 e. The third-order valence-corrected chi connectivity index (χ3v) is 1.46. The minimum atomic E-state index is 0. The van der Waals surface area contributed by atoms with Crippen LogP contribution in [0.15, 0.2) is 0 Å². The second-order valence-corrected chi connectivity index (χ2v) is 6.31. The maximum absolute atomic E-state index is 8.14. The van der Waals surface area contributed by atoms with Crippen LogP contribution in [0.1, 0.15) is 55.4 Å². The first-order valence-corrected chi connectivity index (χ1v) is 7.52. The van der Waals surface area contributed by atoms with Gasteiger partial charge in [-0.05, 0) is 23.7 Å². The Morgan fingerprint density at radius 3 is 0.476 bits per heavy atom. The van der Waals surface area contributed by atoms with Gasteiger partial charge in [0.15, 0.2) is 0 Å². The molecule has 4 nitrogen and oxygen atoms in total. The first-order valence-electron chi connectivity index (χ1n) is 7.52. The van der Waals surface area contributed by atoms with E-state index in [0.29, 0.717) is 50.1 Å². The number of rotatable bonds is 4. The molecule has 0 aromatic rings. The van der Waals surface area contributed by atoms with Crippen molar-refractivity contribution in [2.75, 3.05) is 26.4 Å². The Kier molecular flexibility index (Phi) is 45.8. The molecule has 0 heterocycles. The Hall–Kier alpha value is 0.723. The maximum atomic E-state index is 8.14. The van der Waals surface area contributed by atoms with Gasteiger partial charge in [0.2, 0.25) is 0 Å². The smallest absolute Gasteiger partial charge is 0.0453 e. The zero-order valence-electron chi connectivity index (χ0n) is 15.4. The molecule has 132 valence electrons. The minimum absolute atomic E-state index is 0. The summed E-state index contributed by atoms with van der Waals surface area (Å²) in [6.45, 7) is 17.0. The van der Waals surface area contributed by atoms with Crippen molar-refractivity contribution in [2.45, 2.75) is 55.4 Å². The molecule has 0 aliphatic carbocycles. The number of hydrogen-bond acceptors (Lipinski definition) is 4. The summed E-state index contributed by atoms with van der Waals surface area (Å²) in [5, 5.41) is 32.6. The van der Waals surface area contributed by atoms with E-state index in [2.05, 4.69) is 0 Å². The molecule has 4 N–H and O–H groups in total. The molecule has 0 saturated carbocycles. The second-order valence-electron chi connectivity index (χ2n) is 6.31. The zero-order valence-corrected chi connectivity index (χ0v) is 17.9. The summed E-state index contributed by atoms with van der Waals surface area (Å²) in [6.07, 6.45) is 0. The predicted molar refractivity (Wildman–Crippen MR) is 87.7 cm³/mol. The summed E-state index contributed by atoms with van der Waals surface area (Å²) in [6, 6.07) is 0. The molecule has 0 bridgehead atoms. The molecule has 0 spiro atoms. The summed E-state index contributed by atoms with van der Waals surface area (Å²) < 4.78 is 0. The Morgan fingerprint density at radius 1 is 0.429 bits per heavy atom. The average molecular weight is 388 g/mol. The van der Waals surface area contributed by atoms with Crippen molar-refractivity contribution >= 4 is 0 Å². The molecule has 0 aliphatic rings. The van der Waals surface area contributed by atoms with E-state index in [1.807, 2.05) is 55.4 Å². The van der Waals surface area contributed by atoms with Gasteiger partial charge in [-0.3, -0.25) is 0 Å². The van der Waals surface area contributed by atoms with E-state index >= 15 is 0 Å². The summed E-state index contributed by atoms with van der Waals surface area (Å²) in [5.41, 5.74) is 0. The van der Waals surface area contributed by atoms with E-state index in [1.54, 1.807) is 0 Å². The van der Waals surface area contributed by atoms with Crippen LogP contribution in [0.4, 0.5) is 0 Å². The first-order chi connectivity index (χ1) is 9.08. The predicted octanol–water partition coefficient (Wildman–Crippen LogP) is 2.54. The third-order valence-electron chi connectivity index (χ3n) is 1.46. The molecule has 0 aromatic carbocycles. The van der Waals surface area contributed by atoms with E-state index in [9.17, 15) is 0 Å². The fraction of sp³-hybridized carbons (Fsp3) is 1.00. The average Bonchev–Trinajstić information content (AvgIpc) is 2.40. The van der Waals surface area contributed by atoms with Crippen molar-refractivity contribution in [3.63, 3.8) is 0 Å². The van der Waals surface area contributed by atoms with Crippen LogP contribution in [0, 0.1) is 23.7 Å². The SMILES string of the molecule is CC(C)CO.CC(C)CO.CC(C)CO.CC(C)CO.[Zr]. The Morgan fingerprint density at radius 2 is 0.476 bits per heavy atom. The molecular weight excluding hydrogens is 347 g/mol. The minimum Gasteiger partial charge on any atom is -0.396 e. The molecule has 0 rings (SSSR count). The second kappa shape index (κ2) is 28.8. The van der Waals surface area contributed by atoms with Gasteiger partial charge in [0, 0.05) is 52.6 Å². The van der Waals surface area contributed by atoms with Crippen molar-refractivity contribution in [2.24, 2.45) is 23.7 Å². The topological polar surface area (TPSA) is 80.9 Å². The number of aliphatic hydroxyl groups is 4. The summed E-state index contributed by atoms with van der Waals surface area (Å²) in [7, 11) is 0. The van der Waals surface area contributed by atoms with Gasteiger partial charge in [-0.1, -0.05) is 55.4 Å². The molecule has 0 saturated heterocycles. The molecule has 0 fully saturated rings. The van der Waals surface area contributed by atoms with Crippen molar-refractivity contribution in [1.82, 2.24) is 0 Å². The van der Waals surface area contributed by atoms with Crippen LogP contribution < -0.4 is 0 Å². The zero-order chi connectivity index (χ0) is 17.1. The Bertz CT molecular complexity index is 108. The molecule has 0 amide bonds. The fourth-order valence-electron chi connectivity index (χ4n) is 0. The molecule has 0 aromatic heterocycles. The van der Waals surface area contributed by atoms with Crippen LogP contribution in [-0.4, -0.2) is 46.9 Å². The van der Waals surface area contributed by atoms with Gasteiger partial charge in [0.1, 0.15) is 0 Å². The molecule has 0 unspecified atom stereocenters. The molecule has 0 aliphatic heterocycles. The van der Waals surface area contributed by atoms with Crippen LogP contribution in [0.5, 0.6) is 0 Å². The fourth-order valence-corrected chi connectivity index (χ4v) is 0. The van der Waals surface area contributed by atoms with Crippen molar-refractivity contribution in [3.05, 3.63) is 0 Å². The molecule has 21 heavy (non-hydrogen) atoms. The largest absolute Gasteiger partial charge is 0.396 e. The van der Waals surface area contributed by atoms with E-state index in [1.165, 1.54) is 0 Å². The van der Waals surface area contributed by atoms with Gasteiger partial charge in [-0.25, -0.2) is 0 Å². The summed E-state index contributed by atoms with van der Waals surface area (Å²) >= 11 is 0. The van der Waals surface area contributed by atoms with E-state index in [-0.39, 0.29) is 26.2 Å². The van der Waals surface area contributed by atoms with E-state index < -0.39 is 0 Å². The van der Waals surface area contributed by atoms with Gasteiger partial charge < -0.3 is 20.4 Å². The van der Waals surface area contributed by atoms with Crippen LogP contribution in [-0.2, 0) is 26.2 Å². The first kappa shape index (κ1) is 33.4. The molecular formula is C16H40O4Zr. The van der Waals surface area contributed by atoms with Crippen LogP contribution in [0.3, 0.4) is 0 Å². The number of hydrogen-bond donors (Lipinski definition) is 4. The molecule has 5 heteroatoms. The standard InChI is InChI=1S/4C4H10O.Zr/c4*1-4(2)3-5;/h4*4-5H,3H2,1-2H3;. The monoisotopic (exact) mass is 386 g/mol. The van der Waals surface area contributed by atoms with Gasteiger partial charge in [-0.2, -0.15) is 0 Å². The summed E-state index contributed by atoms with van der Waals surface area (Å²) in [4.78, 5) is 0.